The molecule has 0 bridgehead atoms. The molecule has 0 saturated carbocycles. The van der Waals surface area contributed by atoms with Crippen molar-refractivity contribution in [3.05, 3.63) is 78.4 Å². The highest BCUT2D eigenvalue weighted by Crippen LogP contribution is 2.17. The summed E-state index contributed by atoms with van der Waals surface area (Å²) in [6.07, 6.45) is 8.27. The van der Waals surface area contributed by atoms with Gasteiger partial charge in [0.2, 0.25) is 5.91 Å². The molecular formula is C20H18N2O3. The van der Waals surface area contributed by atoms with Crippen molar-refractivity contribution in [2.24, 2.45) is 0 Å². The molecule has 3 rings (SSSR count). The van der Waals surface area contributed by atoms with Crippen LogP contribution in [0.1, 0.15) is 11.1 Å². The summed E-state index contributed by atoms with van der Waals surface area (Å²) in [5.74, 6) is 0.627. The third-order valence-corrected chi connectivity index (χ3v) is 3.65. The van der Waals surface area contributed by atoms with Gasteiger partial charge in [-0.2, -0.15) is 0 Å². The summed E-state index contributed by atoms with van der Waals surface area (Å²) in [5.41, 5.74) is 3.63. The topological polar surface area (TPSA) is 64.4 Å². The van der Waals surface area contributed by atoms with E-state index in [0.717, 1.165) is 28.1 Å². The van der Waals surface area contributed by atoms with Gasteiger partial charge in [0.05, 0.1) is 25.3 Å². The van der Waals surface area contributed by atoms with E-state index in [1.807, 2.05) is 42.5 Å². The van der Waals surface area contributed by atoms with Crippen LogP contribution in [0.5, 0.6) is 5.75 Å². The summed E-state index contributed by atoms with van der Waals surface area (Å²) in [4.78, 5) is 16.3. The molecule has 2 heterocycles. The molecule has 5 nitrogen and oxygen atoms in total. The lowest BCUT2D eigenvalue weighted by Crippen LogP contribution is -2.20. The van der Waals surface area contributed by atoms with Crippen LogP contribution >= 0.6 is 0 Å². The molecule has 0 saturated heterocycles. The Balaban J connectivity index is 1.52. The van der Waals surface area contributed by atoms with Gasteiger partial charge in [-0.3, -0.25) is 9.78 Å². The van der Waals surface area contributed by atoms with E-state index < -0.39 is 0 Å². The number of carbonyl (C=O) groups excluding carboxylic acids is 1. The predicted molar refractivity (Wildman–Crippen MR) is 95.8 cm³/mol. The van der Waals surface area contributed by atoms with Gasteiger partial charge in [-0.05, 0) is 41.5 Å². The van der Waals surface area contributed by atoms with Crippen molar-refractivity contribution < 1.29 is 13.9 Å². The second kappa shape index (κ2) is 7.97. The highest BCUT2D eigenvalue weighted by Gasteiger charge is 2.02. The molecule has 0 spiro atoms. The average molecular weight is 334 g/mol. The fourth-order valence-electron chi connectivity index (χ4n) is 2.25. The van der Waals surface area contributed by atoms with E-state index in [2.05, 4.69) is 10.3 Å². The van der Waals surface area contributed by atoms with Crippen molar-refractivity contribution in [3.63, 3.8) is 0 Å². The molecule has 126 valence electrons. The summed E-state index contributed by atoms with van der Waals surface area (Å²) >= 11 is 0. The Morgan fingerprint density at radius 3 is 2.68 bits per heavy atom. The smallest absolute Gasteiger partial charge is 0.244 e. The first kappa shape index (κ1) is 16.5. The second-order valence-electron chi connectivity index (χ2n) is 5.39. The van der Waals surface area contributed by atoms with Crippen LogP contribution in [0.4, 0.5) is 0 Å². The van der Waals surface area contributed by atoms with Gasteiger partial charge in [0.1, 0.15) is 5.75 Å². The van der Waals surface area contributed by atoms with E-state index >= 15 is 0 Å². The SMILES string of the molecule is COc1ccc(/C=C/C(=O)NCc2ccc(-c3ccoc3)nc2)cc1. The summed E-state index contributed by atoms with van der Waals surface area (Å²) in [7, 11) is 1.62. The summed E-state index contributed by atoms with van der Waals surface area (Å²) in [6.45, 7) is 0.421. The fraction of sp³-hybridized carbons (Fsp3) is 0.100. The molecule has 1 N–H and O–H groups in total. The molecule has 1 aromatic carbocycles. The molecule has 5 heteroatoms. The van der Waals surface area contributed by atoms with E-state index in [-0.39, 0.29) is 5.91 Å². The van der Waals surface area contributed by atoms with Gasteiger partial charge in [0.25, 0.3) is 0 Å². The molecule has 3 aromatic rings. The molecule has 0 radical (unpaired) electrons. The lowest BCUT2D eigenvalue weighted by Gasteiger charge is -2.03. The van der Waals surface area contributed by atoms with Gasteiger partial charge in [-0.1, -0.05) is 18.2 Å². The predicted octanol–water partition coefficient (Wildman–Crippen LogP) is 3.68. The Morgan fingerprint density at radius 2 is 2.04 bits per heavy atom. The van der Waals surface area contributed by atoms with E-state index in [1.165, 1.54) is 6.08 Å². The van der Waals surface area contributed by atoms with Crippen molar-refractivity contribution in [3.8, 4) is 17.0 Å². The zero-order valence-electron chi connectivity index (χ0n) is 13.8. The van der Waals surface area contributed by atoms with Crippen LogP contribution in [-0.4, -0.2) is 18.0 Å². The average Bonchev–Trinajstić information content (AvgIpc) is 3.20. The lowest BCUT2D eigenvalue weighted by molar-refractivity contribution is -0.116. The molecule has 25 heavy (non-hydrogen) atoms. The molecule has 0 aliphatic heterocycles. The molecule has 0 fully saturated rings. The minimum atomic E-state index is -0.158. The molecule has 2 aromatic heterocycles. The van der Waals surface area contributed by atoms with Gasteiger partial charge >= 0.3 is 0 Å². The van der Waals surface area contributed by atoms with E-state index in [4.69, 9.17) is 9.15 Å². The number of ether oxygens (including phenoxy) is 1. The number of amides is 1. The third-order valence-electron chi connectivity index (χ3n) is 3.65. The molecule has 0 atom stereocenters. The van der Waals surface area contributed by atoms with Crippen LogP contribution in [0.25, 0.3) is 17.3 Å². The first-order chi connectivity index (χ1) is 12.2. The van der Waals surface area contributed by atoms with Gasteiger partial charge in [0.15, 0.2) is 0 Å². The van der Waals surface area contributed by atoms with Crippen molar-refractivity contribution in [2.45, 2.75) is 6.54 Å². The largest absolute Gasteiger partial charge is 0.497 e. The number of methoxy groups -OCH3 is 1. The molecular weight excluding hydrogens is 316 g/mol. The standard InChI is InChI=1S/C20H18N2O3/c1-24-18-6-2-15(3-7-18)5-9-20(23)22-13-16-4-8-19(21-12-16)17-10-11-25-14-17/h2-12,14H,13H2,1H3,(H,22,23)/b9-5+. The first-order valence-corrected chi connectivity index (χ1v) is 7.82. The van der Waals surface area contributed by atoms with Crippen molar-refractivity contribution in [1.82, 2.24) is 10.3 Å². The van der Waals surface area contributed by atoms with Crippen LogP contribution in [0.2, 0.25) is 0 Å². The van der Waals surface area contributed by atoms with Gasteiger partial charge in [0, 0.05) is 24.4 Å². The molecule has 0 aliphatic carbocycles. The van der Waals surface area contributed by atoms with Gasteiger partial charge < -0.3 is 14.5 Å². The quantitative estimate of drug-likeness (QED) is 0.699. The van der Waals surface area contributed by atoms with Crippen LogP contribution in [0, 0.1) is 0 Å². The number of hydrogen-bond donors (Lipinski definition) is 1. The highest BCUT2D eigenvalue weighted by molar-refractivity contribution is 5.91. The zero-order chi connectivity index (χ0) is 17.5. The Hall–Kier alpha value is -3.34. The molecule has 1 amide bonds. The number of rotatable bonds is 6. The van der Waals surface area contributed by atoms with E-state index in [0.29, 0.717) is 6.54 Å². The number of benzene rings is 1. The van der Waals surface area contributed by atoms with E-state index in [9.17, 15) is 4.79 Å². The maximum absolute atomic E-state index is 11.9. The van der Waals surface area contributed by atoms with Crippen molar-refractivity contribution >= 4 is 12.0 Å². The number of furan rings is 1. The summed E-state index contributed by atoms with van der Waals surface area (Å²) < 4.78 is 10.1. The van der Waals surface area contributed by atoms with Crippen LogP contribution in [0.15, 0.2) is 71.7 Å². The monoisotopic (exact) mass is 334 g/mol. The second-order valence-corrected chi connectivity index (χ2v) is 5.39. The van der Waals surface area contributed by atoms with Crippen LogP contribution in [-0.2, 0) is 11.3 Å². The highest BCUT2D eigenvalue weighted by atomic mass is 16.5. The Kier molecular flexibility index (Phi) is 5.26. The van der Waals surface area contributed by atoms with Gasteiger partial charge in [-0.25, -0.2) is 0 Å². The summed E-state index contributed by atoms with van der Waals surface area (Å²) in [5, 5.41) is 2.84. The van der Waals surface area contributed by atoms with E-state index in [1.54, 1.807) is 31.9 Å². The maximum Gasteiger partial charge on any atom is 0.244 e. The minimum Gasteiger partial charge on any atom is -0.497 e. The number of nitrogens with zero attached hydrogens (tertiary/aromatic N) is 1. The van der Waals surface area contributed by atoms with Crippen molar-refractivity contribution in [2.75, 3.05) is 7.11 Å². The zero-order valence-corrected chi connectivity index (χ0v) is 13.8. The number of aromatic nitrogens is 1. The minimum absolute atomic E-state index is 0.158. The maximum atomic E-state index is 11.9. The summed E-state index contributed by atoms with van der Waals surface area (Å²) in [6, 6.07) is 13.2. The molecule has 0 aliphatic rings. The Morgan fingerprint density at radius 1 is 1.20 bits per heavy atom. The number of nitrogens with one attached hydrogen (secondary N) is 1. The van der Waals surface area contributed by atoms with Crippen LogP contribution < -0.4 is 10.1 Å². The number of pyridine rings is 1. The van der Waals surface area contributed by atoms with Crippen LogP contribution in [0.3, 0.4) is 0 Å². The fourth-order valence-corrected chi connectivity index (χ4v) is 2.25. The first-order valence-electron chi connectivity index (χ1n) is 7.82. The lowest BCUT2D eigenvalue weighted by atomic mass is 10.2. The third kappa shape index (κ3) is 4.57. The Labute approximate surface area is 146 Å². The number of carbonyl (C=O) groups is 1. The van der Waals surface area contributed by atoms with Crippen molar-refractivity contribution in [1.29, 1.82) is 0 Å². The Bertz CT molecular complexity index is 836. The normalized spacial score (nSPS) is 10.8. The number of hydrogen-bond acceptors (Lipinski definition) is 4. The van der Waals surface area contributed by atoms with Gasteiger partial charge in [-0.15, -0.1) is 0 Å². The molecule has 0 unspecified atom stereocenters.